The number of carbonyl (C=O) groups is 1. The van der Waals surface area contributed by atoms with E-state index in [2.05, 4.69) is 10.3 Å². The summed E-state index contributed by atoms with van der Waals surface area (Å²) in [7, 11) is 0. The van der Waals surface area contributed by atoms with Gasteiger partial charge in [0.1, 0.15) is 5.82 Å². The van der Waals surface area contributed by atoms with Crippen molar-refractivity contribution in [3.8, 4) is 0 Å². The number of nitrogens with zero attached hydrogens (tertiary/aromatic N) is 1. The van der Waals surface area contributed by atoms with Gasteiger partial charge >= 0.3 is 0 Å². The second-order valence-corrected chi connectivity index (χ2v) is 5.34. The van der Waals surface area contributed by atoms with E-state index >= 15 is 0 Å². The third kappa shape index (κ3) is 4.35. The largest absolute Gasteiger partial charge is 0.347 e. The fourth-order valence-corrected chi connectivity index (χ4v) is 2.38. The maximum absolute atomic E-state index is 12.7. The predicted molar refractivity (Wildman–Crippen MR) is 77.9 cm³/mol. The lowest BCUT2D eigenvalue weighted by molar-refractivity contribution is -0.119. The van der Waals surface area contributed by atoms with E-state index in [1.165, 1.54) is 23.9 Å². The van der Waals surface area contributed by atoms with E-state index in [1.807, 2.05) is 25.1 Å². The molecule has 0 aliphatic carbocycles. The molecule has 0 unspecified atom stereocenters. The number of amides is 1. The molecule has 1 aromatic carbocycles. The maximum Gasteiger partial charge on any atom is 0.230 e. The Morgan fingerprint density at radius 2 is 2.05 bits per heavy atom. The summed E-state index contributed by atoms with van der Waals surface area (Å²) < 4.78 is 12.7. The van der Waals surface area contributed by atoms with Crippen molar-refractivity contribution in [3.05, 3.63) is 60.2 Å². The number of halogens is 1. The van der Waals surface area contributed by atoms with E-state index in [-0.39, 0.29) is 17.8 Å². The summed E-state index contributed by atoms with van der Waals surface area (Å²) in [4.78, 5) is 16.9. The number of hydrogen-bond donors (Lipinski definition) is 1. The molecule has 0 saturated carbocycles. The lowest BCUT2D eigenvalue weighted by Gasteiger charge is -2.13. The van der Waals surface area contributed by atoms with Gasteiger partial charge < -0.3 is 5.32 Å². The first-order valence-corrected chi connectivity index (χ1v) is 7.22. The molecule has 20 heavy (non-hydrogen) atoms. The number of thioether (sulfide) groups is 1. The van der Waals surface area contributed by atoms with Crippen LogP contribution in [0, 0.1) is 5.82 Å². The molecule has 0 aliphatic heterocycles. The van der Waals surface area contributed by atoms with Crippen LogP contribution in [0.25, 0.3) is 0 Å². The molecule has 1 heterocycles. The zero-order valence-corrected chi connectivity index (χ0v) is 11.9. The van der Waals surface area contributed by atoms with Gasteiger partial charge in [-0.05, 0) is 43.3 Å². The first-order valence-electron chi connectivity index (χ1n) is 6.24. The Balaban J connectivity index is 1.82. The van der Waals surface area contributed by atoms with E-state index in [0.29, 0.717) is 5.75 Å². The first kappa shape index (κ1) is 14.5. The second-order valence-electron chi connectivity index (χ2n) is 4.29. The standard InChI is InChI=1S/C15H15FN2OS/c1-11(14-4-2-3-9-17-14)18-15(19)10-20-13-7-5-12(16)6-8-13/h2-9,11H,10H2,1H3,(H,18,19)/t11-/m0/s1. The minimum absolute atomic E-state index is 0.0718. The van der Waals surface area contributed by atoms with Gasteiger partial charge in [-0.2, -0.15) is 0 Å². The second kappa shape index (κ2) is 7.05. The summed E-state index contributed by atoms with van der Waals surface area (Å²) in [6.07, 6.45) is 1.70. The maximum atomic E-state index is 12.7. The van der Waals surface area contributed by atoms with Gasteiger partial charge in [-0.3, -0.25) is 9.78 Å². The Kier molecular flexibility index (Phi) is 5.12. The van der Waals surface area contributed by atoms with Crippen LogP contribution < -0.4 is 5.32 Å². The smallest absolute Gasteiger partial charge is 0.230 e. The Morgan fingerprint density at radius 3 is 2.70 bits per heavy atom. The minimum Gasteiger partial charge on any atom is -0.347 e. The topological polar surface area (TPSA) is 42.0 Å². The molecule has 3 nitrogen and oxygen atoms in total. The van der Waals surface area contributed by atoms with Crippen molar-refractivity contribution >= 4 is 17.7 Å². The van der Waals surface area contributed by atoms with Crippen LogP contribution in [0.4, 0.5) is 4.39 Å². The monoisotopic (exact) mass is 290 g/mol. The van der Waals surface area contributed by atoms with Gasteiger partial charge in [0.2, 0.25) is 5.91 Å². The molecule has 0 saturated heterocycles. The summed E-state index contributed by atoms with van der Waals surface area (Å²) in [5, 5.41) is 2.88. The van der Waals surface area contributed by atoms with Crippen molar-refractivity contribution < 1.29 is 9.18 Å². The quantitative estimate of drug-likeness (QED) is 0.860. The third-order valence-electron chi connectivity index (χ3n) is 2.69. The molecular formula is C15H15FN2OS. The van der Waals surface area contributed by atoms with Crippen molar-refractivity contribution in [1.82, 2.24) is 10.3 Å². The van der Waals surface area contributed by atoms with E-state index in [9.17, 15) is 9.18 Å². The predicted octanol–water partition coefficient (Wildman–Crippen LogP) is 3.19. The fraction of sp³-hybridized carbons (Fsp3) is 0.200. The zero-order valence-electron chi connectivity index (χ0n) is 11.0. The van der Waals surface area contributed by atoms with Crippen molar-refractivity contribution in [2.24, 2.45) is 0 Å². The van der Waals surface area contributed by atoms with Crippen molar-refractivity contribution in [1.29, 1.82) is 0 Å². The SMILES string of the molecule is C[C@H](NC(=O)CSc1ccc(F)cc1)c1ccccn1. The molecule has 104 valence electrons. The van der Waals surface area contributed by atoms with Gasteiger partial charge in [0.15, 0.2) is 0 Å². The van der Waals surface area contributed by atoms with Gasteiger partial charge in [0, 0.05) is 11.1 Å². The number of rotatable bonds is 5. The number of benzene rings is 1. The molecule has 0 radical (unpaired) electrons. The highest BCUT2D eigenvalue weighted by molar-refractivity contribution is 8.00. The van der Waals surface area contributed by atoms with Crippen LogP contribution in [0.5, 0.6) is 0 Å². The Morgan fingerprint density at radius 1 is 1.30 bits per heavy atom. The summed E-state index contributed by atoms with van der Waals surface area (Å²) in [5.41, 5.74) is 0.827. The van der Waals surface area contributed by atoms with Crippen molar-refractivity contribution in [3.63, 3.8) is 0 Å². The molecule has 0 fully saturated rings. The van der Waals surface area contributed by atoms with Gasteiger partial charge in [0.25, 0.3) is 0 Å². The number of carbonyl (C=O) groups excluding carboxylic acids is 1. The van der Waals surface area contributed by atoms with Gasteiger partial charge in [-0.25, -0.2) is 4.39 Å². The van der Waals surface area contributed by atoms with Crippen molar-refractivity contribution in [2.45, 2.75) is 17.9 Å². The highest BCUT2D eigenvalue weighted by Crippen LogP contribution is 2.18. The molecular weight excluding hydrogens is 275 g/mol. The van der Waals surface area contributed by atoms with Crippen LogP contribution >= 0.6 is 11.8 Å². The molecule has 0 aliphatic rings. The van der Waals surface area contributed by atoms with E-state index < -0.39 is 0 Å². The zero-order chi connectivity index (χ0) is 14.4. The Hall–Kier alpha value is -1.88. The van der Waals surface area contributed by atoms with Gasteiger partial charge in [-0.15, -0.1) is 11.8 Å². The molecule has 0 spiro atoms. The number of nitrogens with one attached hydrogen (secondary N) is 1. The van der Waals surface area contributed by atoms with Gasteiger partial charge in [0.05, 0.1) is 17.5 Å². The number of hydrogen-bond acceptors (Lipinski definition) is 3. The van der Waals surface area contributed by atoms with Crippen LogP contribution in [0.15, 0.2) is 53.6 Å². The summed E-state index contributed by atoms with van der Waals surface area (Å²) in [5.74, 6) is -0.0527. The summed E-state index contributed by atoms with van der Waals surface area (Å²) in [6.45, 7) is 1.89. The third-order valence-corrected chi connectivity index (χ3v) is 3.70. The van der Waals surface area contributed by atoms with E-state index in [1.54, 1.807) is 18.3 Å². The Bertz CT molecular complexity index is 560. The molecule has 1 atom stereocenters. The number of aromatic nitrogens is 1. The molecule has 5 heteroatoms. The van der Waals surface area contributed by atoms with E-state index in [0.717, 1.165) is 10.6 Å². The Labute approximate surface area is 121 Å². The average molecular weight is 290 g/mol. The molecule has 1 amide bonds. The summed E-state index contributed by atoms with van der Waals surface area (Å²) in [6, 6.07) is 11.6. The fourth-order valence-electron chi connectivity index (χ4n) is 1.67. The van der Waals surface area contributed by atoms with Crippen LogP contribution in [-0.2, 0) is 4.79 Å². The van der Waals surface area contributed by atoms with Crippen LogP contribution in [-0.4, -0.2) is 16.6 Å². The molecule has 1 aromatic heterocycles. The highest BCUT2D eigenvalue weighted by Gasteiger charge is 2.10. The highest BCUT2D eigenvalue weighted by atomic mass is 32.2. The molecule has 2 aromatic rings. The minimum atomic E-state index is -0.275. The lowest BCUT2D eigenvalue weighted by Crippen LogP contribution is -2.28. The van der Waals surface area contributed by atoms with Crippen molar-refractivity contribution in [2.75, 3.05) is 5.75 Å². The normalized spacial score (nSPS) is 11.9. The van der Waals surface area contributed by atoms with E-state index in [4.69, 9.17) is 0 Å². The number of pyridine rings is 1. The molecule has 2 rings (SSSR count). The van der Waals surface area contributed by atoms with Crippen LogP contribution in [0.1, 0.15) is 18.7 Å². The molecule has 1 N–H and O–H groups in total. The van der Waals surface area contributed by atoms with Gasteiger partial charge in [-0.1, -0.05) is 6.07 Å². The average Bonchev–Trinajstić information content (AvgIpc) is 2.47. The molecule has 0 bridgehead atoms. The lowest BCUT2D eigenvalue weighted by atomic mass is 10.2. The van der Waals surface area contributed by atoms with Crippen LogP contribution in [0.2, 0.25) is 0 Å². The first-order chi connectivity index (χ1) is 9.65. The summed E-state index contributed by atoms with van der Waals surface area (Å²) >= 11 is 1.38. The van der Waals surface area contributed by atoms with Crippen LogP contribution in [0.3, 0.4) is 0 Å².